The molecule has 0 bridgehead atoms. The van der Waals surface area contributed by atoms with Gasteiger partial charge in [0.2, 0.25) is 0 Å². The van der Waals surface area contributed by atoms with Crippen molar-refractivity contribution in [2.24, 2.45) is 7.05 Å². The topological polar surface area (TPSA) is 87.6 Å². The average molecular weight is 414 g/mol. The molecule has 2 aromatic carbocycles. The van der Waals surface area contributed by atoms with Crippen LogP contribution in [0.4, 0.5) is 0 Å². The van der Waals surface area contributed by atoms with Crippen molar-refractivity contribution >= 4 is 28.4 Å². The number of benzene rings is 2. The van der Waals surface area contributed by atoms with Crippen LogP contribution < -0.4 is 0 Å². The molecule has 0 saturated heterocycles. The monoisotopic (exact) mass is 413 g/mol. The molecule has 0 saturated carbocycles. The Labute approximate surface area is 178 Å². The smallest absolute Gasteiger partial charge is 0.188 e. The second-order valence-corrected chi connectivity index (χ2v) is 7.69. The first-order valence-electron chi connectivity index (χ1n) is 9.35. The zero-order chi connectivity index (χ0) is 21.1. The highest BCUT2D eigenvalue weighted by Gasteiger charge is 2.17. The van der Waals surface area contributed by atoms with Crippen molar-refractivity contribution in [2.75, 3.05) is 5.75 Å². The van der Waals surface area contributed by atoms with Crippen molar-refractivity contribution in [3.8, 4) is 17.3 Å². The molecule has 148 valence electrons. The lowest BCUT2D eigenvalue weighted by Crippen LogP contribution is -2.01. The first-order valence-corrected chi connectivity index (χ1v) is 10.3. The average Bonchev–Trinajstić information content (AvgIpc) is 3.09. The number of thioether (sulfide) groups is 1. The van der Waals surface area contributed by atoms with E-state index in [9.17, 15) is 10.4 Å². The Bertz CT molecular complexity index is 1290. The van der Waals surface area contributed by atoms with Crippen molar-refractivity contribution in [2.45, 2.75) is 12.1 Å². The fourth-order valence-corrected chi connectivity index (χ4v) is 3.96. The van der Waals surface area contributed by atoms with Crippen LogP contribution in [0.15, 0.2) is 71.6 Å². The lowest BCUT2D eigenvalue weighted by Gasteiger charge is -2.07. The SMILES string of the molecule is Cc1cc(-c2ccccc2)nc(SC/C(O)=C(\C#N)c2nc3ccccc3n2C)n1. The summed E-state index contributed by atoms with van der Waals surface area (Å²) in [6.07, 6.45) is 0. The molecule has 0 aliphatic carbocycles. The third-order valence-corrected chi connectivity index (χ3v) is 5.51. The highest BCUT2D eigenvalue weighted by molar-refractivity contribution is 7.99. The summed E-state index contributed by atoms with van der Waals surface area (Å²) in [5.41, 5.74) is 4.49. The van der Waals surface area contributed by atoms with Crippen molar-refractivity contribution in [1.82, 2.24) is 19.5 Å². The number of aromatic nitrogens is 4. The molecule has 1 N–H and O–H groups in total. The third-order valence-electron chi connectivity index (χ3n) is 4.65. The predicted molar refractivity (Wildman–Crippen MR) is 119 cm³/mol. The number of rotatable bonds is 5. The predicted octanol–water partition coefficient (Wildman–Crippen LogP) is 4.92. The van der Waals surface area contributed by atoms with E-state index < -0.39 is 0 Å². The van der Waals surface area contributed by atoms with Crippen LogP contribution in [0.1, 0.15) is 11.5 Å². The molecule has 0 aliphatic heterocycles. The number of hydrogen-bond acceptors (Lipinski definition) is 6. The minimum absolute atomic E-state index is 0.0488. The van der Waals surface area contributed by atoms with Crippen LogP contribution in [0.25, 0.3) is 27.9 Å². The summed E-state index contributed by atoms with van der Waals surface area (Å²) >= 11 is 1.28. The van der Waals surface area contributed by atoms with Gasteiger partial charge in [0, 0.05) is 18.3 Å². The first-order chi connectivity index (χ1) is 14.6. The maximum atomic E-state index is 10.7. The van der Waals surface area contributed by atoms with Gasteiger partial charge in [-0.15, -0.1) is 0 Å². The summed E-state index contributed by atoms with van der Waals surface area (Å²) in [4.78, 5) is 13.6. The summed E-state index contributed by atoms with van der Waals surface area (Å²) in [6, 6.07) is 21.5. The van der Waals surface area contributed by atoms with Gasteiger partial charge >= 0.3 is 0 Å². The molecule has 0 aliphatic rings. The quantitative estimate of drug-likeness (QED) is 0.216. The number of nitriles is 1. The fourth-order valence-electron chi connectivity index (χ4n) is 3.18. The van der Waals surface area contributed by atoms with E-state index in [1.807, 2.05) is 79.2 Å². The van der Waals surface area contributed by atoms with Gasteiger partial charge < -0.3 is 9.67 Å². The van der Waals surface area contributed by atoms with Gasteiger partial charge in [0.15, 0.2) is 11.0 Å². The van der Waals surface area contributed by atoms with Gasteiger partial charge in [-0.05, 0) is 25.1 Å². The second kappa shape index (κ2) is 8.39. The van der Waals surface area contributed by atoms with E-state index in [2.05, 4.69) is 21.0 Å². The van der Waals surface area contributed by atoms with Crippen molar-refractivity contribution in [3.63, 3.8) is 0 Å². The molecule has 2 aromatic heterocycles. The van der Waals surface area contributed by atoms with Crippen LogP contribution in [-0.4, -0.2) is 30.4 Å². The van der Waals surface area contributed by atoms with Crippen LogP contribution in [0.5, 0.6) is 0 Å². The van der Waals surface area contributed by atoms with Gasteiger partial charge in [-0.25, -0.2) is 15.0 Å². The van der Waals surface area contributed by atoms with E-state index in [0.29, 0.717) is 11.0 Å². The molecule has 6 nitrogen and oxygen atoms in total. The summed E-state index contributed by atoms with van der Waals surface area (Å²) in [5.74, 6) is 0.559. The molecule has 30 heavy (non-hydrogen) atoms. The molecule has 7 heteroatoms. The number of imidazole rings is 1. The van der Waals surface area contributed by atoms with Gasteiger partial charge in [0.25, 0.3) is 0 Å². The van der Waals surface area contributed by atoms with E-state index >= 15 is 0 Å². The molecule has 0 atom stereocenters. The Kier molecular flexibility index (Phi) is 5.50. The number of nitrogens with zero attached hydrogens (tertiary/aromatic N) is 5. The molecule has 0 spiro atoms. The number of para-hydroxylation sites is 2. The Morgan fingerprint density at radius 2 is 1.80 bits per heavy atom. The Morgan fingerprint density at radius 1 is 1.07 bits per heavy atom. The van der Waals surface area contributed by atoms with Crippen LogP contribution in [-0.2, 0) is 7.05 Å². The van der Waals surface area contributed by atoms with Crippen LogP contribution in [0.3, 0.4) is 0 Å². The lowest BCUT2D eigenvalue weighted by molar-refractivity contribution is 0.420. The summed E-state index contributed by atoms with van der Waals surface area (Å²) in [7, 11) is 1.83. The molecule has 2 heterocycles. The van der Waals surface area contributed by atoms with Gasteiger partial charge in [-0.2, -0.15) is 5.26 Å². The van der Waals surface area contributed by atoms with Crippen LogP contribution >= 0.6 is 11.8 Å². The Morgan fingerprint density at radius 3 is 2.53 bits per heavy atom. The number of fused-ring (bicyclic) bond motifs is 1. The molecule has 0 radical (unpaired) electrons. The first kappa shape index (κ1) is 19.7. The Balaban J connectivity index is 1.62. The zero-order valence-electron chi connectivity index (χ0n) is 16.6. The van der Waals surface area contributed by atoms with Gasteiger partial charge in [0.05, 0.1) is 22.5 Å². The molecule has 4 aromatic rings. The van der Waals surface area contributed by atoms with Gasteiger partial charge in [-0.1, -0.05) is 54.2 Å². The van der Waals surface area contributed by atoms with Crippen molar-refractivity contribution in [3.05, 3.63) is 77.9 Å². The zero-order valence-corrected chi connectivity index (χ0v) is 17.4. The largest absolute Gasteiger partial charge is 0.510 e. The van der Waals surface area contributed by atoms with Gasteiger partial charge in [0.1, 0.15) is 17.4 Å². The number of hydrogen-bond donors (Lipinski definition) is 1. The molecular weight excluding hydrogens is 394 g/mol. The molecule has 4 rings (SSSR count). The van der Waals surface area contributed by atoms with E-state index in [1.165, 1.54) is 11.8 Å². The molecular formula is C23H19N5OS. The maximum Gasteiger partial charge on any atom is 0.188 e. The van der Waals surface area contributed by atoms with Gasteiger partial charge in [-0.3, -0.25) is 0 Å². The third kappa shape index (κ3) is 3.91. The van der Waals surface area contributed by atoms with Crippen molar-refractivity contribution in [1.29, 1.82) is 5.26 Å². The Hall–Kier alpha value is -3.63. The second-order valence-electron chi connectivity index (χ2n) is 6.75. The fraction of sp³-hybridized carbons (Fsp3) is 0.130. The summed E-state index contributed by atoms with van der Waals surface area (Å²) < 4.78 is 1.81. The minimum atomic E-state index is -0.0488. The normalized spacial score (nSPS) is 11.9. The molecule has 0 fully saturated rings. The van der Waals surface area contributed by atoms with Crippen molar-refractivity contribution < 1.29 is 5.11 Å². The van der Waals surface area contributed by atoms with Crippen LogP contribution in [0.2, 0.25) is 0 Å². The summed E-state index contributed by atoms with van der Waals surface area (Å²) in [5, 5.41) is 20.9. The standard InChI is InChI=1S/C23H19N5OS/c1-15-12-19(16-8-4-3-5-9-16)27-23(25-15)30-14-21(29)17(13-24)22-26-18-10-6-7-11-20(18)28(22)2/h3-12,29H,14H2,1-2H3/b21-17-. The number of allylic oxidation sites excluding steroid dienone is 1. The number of aliphatic hydroxyl groups is 1. The highest BCUT2D eigenvalue weighted by Crippen LogP contribution is 2.26. The molecule has 0 unspecified atom stereocenters. The van der Waals surface area contributed by atoms with E-state index in [0.717, 1.165) is 28.0 Å². The summed E-state index contributed by atoms with van der Waals surface area (Å²) in [6.45, 7) is 1.91. The molecule has 0 amide bonds. The van der Waals surface area contributed by atoms with E-state index in [1.54, 1.807) is 0 Å². The van der Waals surface area contributed by atoms with E-state index in [-0.39, 0.29) is 17.1 Å². The maximum absolute atomic E-state index is 10.7. The highest BCUT2D eigenvalue weighted by atomic mass is 32.2. The number of aryl methyl sites for hydroxylation is 2. The lowest BCUT2D eigenvalue weighted by atomic mass is 10.1. The minimum Gasteiger partial charge on any atom is -0.510 e. The number of aliphatic hydroxyl groups excluding tert-OH is 1. The van der Waals surface area contributed by atoms with E-state index in [4.69, 9.17) is 0 Å². The van der Waals surface area contributed by atoms with Crippen LogP contribution in [0, 0.1) is 18.3 Å².